The van der Waals surface area contributed by atoms with Crippen LogP contribution in [-0.4, -0.2) is 23.9 Å². The van der Waals surface area contributed by atoms with Gasteiger partial charge in [-0.2, -0.15) is 0 Å². The number of nitrogens with two attached hydrogens (primary N) is 1. The zero-order valence-electron chi connectivity index (χ0n) is 11.6. The van der Waals surface area contributed by atoms with Crippen molar-refractivity contribution in [2.75, 3.05) is 13.1 Å². The van der Waals surface area contributed by atoms with Crippen LogP contribution in [0.25, 0.3) is 0 Å². The van der Waals surface area contributed by atoms with Crippen LogP contribution >= 0.6 is 0 Å². The molecular weight excluding hydrogens is 224 g/mol. The molecule has 0 saturated heterocycles. The molecule has 1 aromatic carbocycles. The molecule has 0 aromatic heterocycles. The molecule has 0 saturated carbocycles. The largest absolute Gasteiger partial charge is 0.343 e. The Balaban J connectivity index is 2.58. The number of amides is 1. The fourth-order valence-electron chi connectivity index (χ4n) is 1.98. The molecule has 0 spiro atoms. The van der Waals surface area contributed by atoms with Crippen molar-refractivity contribution in [3.63, 3.8) is 0 Å². The number of carbonyl (C=O) groups is 1. The predicted molar refractivity (Wildman–Crippen MR) is 75.1 cm³/mol. The van der Waals surface area contributed by atoms with E-state index in [1.165, 1.54) is 0 Å². The average molecular weight is 248 g/mol. The molecular formula is C15H24N2O. The SMILES string of the molecule is CCN(CC(C)C)C(=O)CC(N)c1ccccc1. The lowest BCUT2D eigenvalue weighted by Crippen LogP contribution is -2.35. The van der Waals surface area contributed by atoms with Crippen molar-refractivity contribution in [3.8, 4) is 0 Å². The van der Waals surface area contributed by atoms with Gasteiger partial charge in [0.05, 0.1) is 0 Å². The molecule has 0 aliphatic rings. The third kappa shape index (κ3) is 4.49. The molecule has 0 radical (unpaired) electrons. The number of carbonyl (C=O) groups excluding carboxylic acids is 1. The summed E-state index contributed by atoms with van der Waals surface area (Å²) in [5, 5.41) is 0. The number of nitrogens with zero attached hydrogens (tertiary/aromatic N) is 1. The van der Waals surface area contributed by atoms with Crippen molar-refractivity contribution >= 4 is 5.91 Å². The van der Waals surface area contributed by atoms with Crippen molar-refractivity contribution in [1.29, 1.82) is 0 Å². The van der Waals surface area contributed by atoms with Gasteiger partial charge in [-0.05, 0) is 18.4 Å². The highest BCUT2D eigenvalue weighted by atomic mass is 16.2. The molecule has 2 N–H and O–H groups in total. The summed E-state index contributed by atoms with van der Waals surface area (Å²) in [6.45, 7) is 7.80. The first kappa shape index (κ1) is 14.7. The highest BCUT2D eigenvalue weighted by Crippen LogP contribution is 2.15. The monoisotopic (exact) mass is 248 g/mol. The van der Waals surface area contributed by atoms with E-state index in [0.29, 0.717) is 12.3 Å². The van der Waals surface area contributed by atoms with Crippen molar-refractivity contribution in [3.05, 3.63) is 35.9 Å². The highest BCUT2D eigenvalue weighted by molar-refractivity contribution is 5.77. The van der Waals surface area contributed by atoms with E-state index < -0.39 is 0 Å². The lowest BCUT2D eigenvalue weighted by Gasteiger charge is -2.24. The Morgan fingerprint density at radius 2 is 1.89 bits per heavy atom. The molecule has 0 bridgehead atoms. The second-order valence-corrected chi connectivity index (χ2v) is 5.05. The Hall–Kier alpha value is -1.35. The van der Waals surface area contributed by atoms with Crippen molar-refractivity contribution < 1.29 is 4.79 Å². The maximum atomic E-state index is 12.1. The van der Waals surface area contributed by atoms with Crippen molar-refractivity contribution in [2.24, 2.45) is 11.7 Å². The molecule has 0 aliphatic heterocycles. The van der Waals surface area contributed by atoms with E-state index in [1.54, 1.807) is 0 Å². The third-order valence-corrected chi connectivity index (χ3v) is 2.94. The van der Waals surface area contributed by atoms with Gasteiger partial charge < -0.3 is 10.6 Å². The van der Waals surface area contributed by atoms with Gasteiger partial charge in [-0.3, -0.25) is 4.79 Å². The molecule has 1 amide bonds. The minimum absolute atomic E-state index is 0.141. The van der Waals surface area contributed by atoms with Gasteiger partial charge in [-0.15, -0.1) is 0 Å². The number of hydrogen-bond donors (Lipinski definition) is 1. The van der Waals surface area contributed by atoms with E-state index >= 15 is 0 Å². The smallest absolute Gasteiger partial charge is 0.224 e. The third-order valence-electron chi connectivity index (χ3n) is 2.94. The normalized spacial score (nSPS) is 12.5. The summed E-state index contributed by atoms with van der Waals surface area (Å²) in [5.41, 5.74) is 7.09. The molecule has 0 aliphatic carbocycles. The molecule has 0 heterocycles. The lowest BCUT2D eigenvalue weighted by molar-refractivity contribution is -0.131. The van der Waals surface area contributed by atoms with Crippen LogP contribution in [0, 0.1) is 5.92 Å². The van der Waals surface area contributed by atoms with Gasteiger partial charge in [0.1, 0.15) is 0 Å². The van der Waals surface area contributed by atoms with Gasteiger partial charge in [-0.1, -0.05) is 44.2 Å². The molecule has 1 atom stereocenters. The second kappa shape index (κ2) is 7.17. The highest BCUT2D eigenvalue weighted by Gasteiger charge is 2.17. The van der Waals surface area contributed by atoms with Gasteiger partial charge in [0, 0.05) is 25.6 Å². The Bertz CT molecular complexity index is 362. The van der Waals surface area contributed by atoms with Crippen LogP contribution in [0.3, 0.4) is 0 Å². The molecule has 1 aromatic rings. The fraction of sp³-hybridized carbons (Fsp3) is 0.533. The molecule has 1 unspecified atom stereocenters. The molecule has 18 heavy (non-hydrogen) atoms. The van der Waals surface area contributed by atoms with Crippen LogP contribution in [0.1, 0.15) is 38.8 Å². The Kier molecular flexibility index (Phi) is 5.86. The minimum Gasteiger partial charge on any atom is -0.343 e. The maximum Gasteiger partial charge on any atom is 0.224 e. The zero-order chi connectivity index (χ0) is 13.5. The number of rotatable bonds is 6. The summed E-state index contributed by atoms with van der Waals surface area (Å²) in [5.74, 6) is 0.629. The summed E-state index contributed by atoms with van der Waals surface area (Å²) in [4.78, 5) is 14.0. The topological polar surface area (TPSA) is 46.3 Å². The molecule has 100 valence electrons. The van der Waals surface area contributed by atoms with Gasteiger partial charge in [-0.25, -0.2) is 0 Å². The van der Waals surface area contributed by atoms with Gasteiger partial charge in [0.2, 0.25) is 5.91 Å². The van der Waals surface area contributed by atoms with Crippen LogP contribution in [-0.2, 0) is 4.79 Å². The Labute approximate surface area is 110 Å². The predicted octanol–water partition coefficient (Wildman–Crippen LogP) is 2.58. The first-order valence-corrected chi connectivity index (χ1v) is 6.62. The van der Waals surface area contributed by atoms with E-state index in [0.717, 1.165) is 18.7 Å². The summed E-state index contributed by atoms with van der Waals surface area (Å²) < 4.78 is 0. The van der Waals surface area contributed by atoms with E-state index in [9.17, 15) is 4.79 Å². The Morgan fingerprint density at radius 1 is 1.28 bits per heavy atom. The molecule has 0 fully saturated rings. The first-order valence-electron chi connectivity index (χ1n) is 6.62. The fourth-order valence-corrected chi connectivity index (χ4v) is 1.98. The van der Waals surface area contributed by atoms with Crippen LogP contribution in [0.5, 0.6) is 0 Å². The van der Waals surface area contributed by atoms with Gasteiger partial charge >= 0.3 is 0 Å². The van der Waals surface area contributed by atoms with E-state index in [1.807, 2.05) is 42.2 Å². The average Bonchev–Trinajstić information content (AvgIpc) is 2.36. The quantitative estimate of drug-likeness (QED) is 0.841. The maximum absolute atomic E-state index is 12.1. The minimum atomic E-state index is -0.208. The molecule has 3 heteroatoms. The van der Waals surface area contributed by atoms with E-state index in [2.05, 4.69) is 13.8 Å². The summed E-state index contributed by atoms with van der Waals surface area (Å²) in [7, 11) is 0. The van der Waals surface area contributed by atoms with Gasteiger partial charge in [0.15, 0.2) is 0 Å². The standard InChI is InChI=1S/C15H24N2O/c1-4-17(11-12(2)3)15(18)10-14(16)13-8-6-5-7-9-13/h5-9,12,14H,4,10-11,16H2,1-3H3. The van der Waals surface area contributed by atoms with Crippen molar-refractivity contribution in [1.82, 2.24) is 4.90 Å². The summed E-state index contributed by atoms with van der Waals surface area (Å²) >= 11 is 0. The number of benzene rings is 1. The van der Waals surface area contributed by atoms with Crippen LogP contribution in [0.2, 0.25) is 0 Å². The van der Waals surface area contributed by atoms with Crippen LogP contribution in [0.4, 0.5) is 0 Å². The van der Waals surface area contributed by atoms with E-state index in [4.69, 9.17) is 5.73 Å². The summed E-state index contributed by atoms with van der Waals surface area (Å²) in [6.07, 6.45) is 0.380. The second-order valence-electron chi connectivity index (χ2n) is 5.05. The van der Waals surface area contributed by atoms with Crippen LogP contribution < -0.4 is 5.73 Å². The molecule has 3 nitrogen and oxygen atoms in total. The van der Waals surface area contributed by atoms with E-state index in [-0.39, 0.29) is 11.9 Å². The first-order chi connectivity index (χ1) is 8.54. The zero-order valence-corrected chi connectivity index (χ0v) is 11.6. The van der Waals surface area contributed by atoms with Crippen molar-refractivity contribution in [2.45, 2.75) is 33.2 Å². The lowest BCUT2D eigenvalue weighted by atomic mass is 10.0. The molecule has 1 rings (SSSR count). The number of hydrogen-bond acceptors (Lipinski definition) is 2. The van der Waals surface area contributed by atoms with Crippen LogP contribution in [0.15, 0.2) is 30.3 Å². The van der Waals surface area contributed by atoms with Gasteiger partial charge in [0.25, 0.3) is 0 Å². The Morgan fingerprint density at radius 3 is 2.39 bits per heavy atom. The summed E-state index contributed by atoms with van der Waals surface area (Å²) in [6, 6.07) is 9.58.